The Bertz CT molecular complexity index is 753. The average molecular weight is 507 g/mol. The van der Waals surface area contributed by atoms with Crippen LogP contribution in [0.25, 0.3) is 0 Å². The number of aliphatic imine (C=N–C) groups is 1. The molecule has 0 heterocycles. The van der Waals surface area contributed by atoms with Crippen molar-refractivity contribution in [2.24, 2.45) is 28.3 Å². The first kappa shape index (κ1) is 27.0. The van der Waals surface area contributed by atoms with E-state index in [4.69, 9.17) is 34.7 Å². The normalized spacial score (nSPS) is 28.1. The van der Waals surface area contributed by atoms with Crippen LogP contribution in [-0.2, 0) is 19.2 Å². The molecule has 4 unspecified atom stereocenters. The standard InChI is InChI=1S/C20H32Cl2N6O5/c21-12-5-2-6-13(22)16(12)18(31)28-14(19(32)33)8-25-15(29)9-26-17(30)10-3-1-4-11(7-10)27-20(23)24/h10-14,16H,1-9H2,(H,25,29)(H,26,30)(H,28,31)(H,32,33)(H4,23,24,27)/t10?,11?,12?,13?,14-,16?/m0/s1. The van der Waals surface area contributed by atoms with Gasteiger partial charge in [-0.1, -0.05) is 12.8 Å². The van der Waals surface area contributed by atoms with E-state index in [-0.39, 0.29) is 36.9 Å². The van der Waals surface area contributed by atoms with Crippen LogP contribution in [0.5, 0.6) is 0 Å². The maximum absolute atomic E-state index is 12.5. The SMILES string of the molecule is NC(N)=NC1CCCC(C(=O)NCC(=O)NC[C@H](NC(=O)C2C(Cl)CCCC2Cl)C(=O)O)C1. The van der Waals surface area contributed by atoms with E-state index >= 15 is 0 Å². The van der Waals surface area contributed by atoms with Crippen molar-refractivity contribution in [3.63, 3.8) is 0 Å². The zero-order valence-electron chi connectivity index (χ0n) is 18.3. The van der Waals surface area contributed by atoms with Crippen molar-refractivity contribution >= 4 is 52.9 Å². The van der Waals surface area contributed by atoms with Gasteiger partial charge in [-0.05, 0) is 32.1 Å². The number of alkyl halides is 2. The zero-order valence-corrected chi connectivity index (χ0v) is 19.8. The first-order chi connectivity index (χ1) is 15.6. The smallest absolute Gasteiger partial charge is 0.328 e. The summed E-state index contributed by atoms with van der Waals surface area (Å²) in [7, 11) is 0. The van der Waals surface area contributed by atoms with Gasteiger partial charge in [-0.2, -0.15) is 0 Å². The van der Waals surface area contributed by atoms with Gasteiger partial charge in [0, 0.05) is 23.2 Å². The second kappa shape index (κ2) is 12.8. The predicted octanol–water partition coefficient (Wildman–Crippen LogP) is -0.365. The van der Waals surface area contributed by atoms with E-state index in [9.17, 15) is 24.3 Å². The lowest BCUT2D eigenvalue weighted by molar-refractivity contribution is -0.142. The number of halogens is 2. The highest BCUT2D eigenvalue weighted by Gasteiger charge is 2.38. The van der Waals surface area contributed by atoms with Gasteiger partial charge in [0.1, 0.15) is 6.04 Å². The number of hydrogen-bond acceptors (Lipinski definition) is 5. The number of amides is 3. The van der Waals surface area contributed by atoms with Crippen molar-refractivity contribution < 1.29 is 24.3 Å². The van der Waals surface area contributed by atoms with Crippen molar-refractivity contribution in [2.45, 2.75) is 67.8 Å². The molecule has 0 aliphatic heterocycles. The molecule has 11 nitrogen and oxygen atoms in total. The Morgan fingerprint density at radius 2 is 1.61 bits per heavy atom. The third-order valence-electron chi connectivity index (χ3n) is 5.93. The Morgan fingerprint density at radius 3 is 2.21 bits per heavy atom. The van der Waals surface area contributed by atoms with Crippen LogP contribution in [-0.4, -0.2) is 70.7 Å². The second-order valence-electron chi connectivity index (χ2n) is 8.48. The third kappa shape index (κ3) is 8.54. The fraction of sp³-hybridized carbons (Fsp3) is 0.750. The fourth-order valence-corrected chi connectivity index (χ4v) is 5.17. The maximum Gasteiger partial charge on any atom is 0.328 e. The first-order valence-electron chi connectivity index (χ1n) is 11.0. The average Bonchev–Trinajstić information content (AvgIpc) is 2.74. The molecule has 13 heteroatoms. The lowest BCUT2D eigenvalue weighted by atomic mass is 9.85. The monoisotopic (exact) mass is 506 g/mol. The van der Waals surface area contributed by atoms with Gasteiger partial charge in [-0.25, -0.2) is 4.79 Å². The van der Waals surface area contributed by atoms with Gasteiger partial charge in [-0.3, -0.25) is 19.4 Å². The second-order valence-corrected chi connectivity index (χ2v) is 9.60. The van der Waals surface area contributed by atoms with Crippen molar-refractivity contribution in [3.05, 3.63) is 0 Å². The molecule has 2 fully saturated rings. The zero-order chi connectivity index (χ0) is 24.5. The summed E-state index contributed by atoms with van der Waals surface area (Å²) < 4.78 is 0. The summed E-state index contributed by atoms with van der Waals surface area (Å²) in [5, 5.41) is 15.8. The molecule has 2 saturated carbocycles. The Labute approximate surface area is 202 Å². The Kier molecular flexibility index (Phi) is 10.5. The molecule has 2 aliphatic carbocycles. The van der Waals surface area contributed by atoms with Gasteiger partial charge in [0.25, 0.3) is 0 Å². The molecule has 0 aromatic carbocycles. The molecule has 0 bridgehead atoms. The molecule has 8 N–H and O–H groups in total. The Balaban J connectivity index is 1.79. The highest BCUT2D eigenvalue weighted by Crippen LogP contribution is 2.32. The lowest BCUT2D eigenvalue weighted by Gasteiger charge is -2.31. The van der Waals surface area contributed by atoms with Crippen molar-refractivity contribution in [2.75, 3.05) is 13.1 Å². The highest BCUT2D eigenvalue weighted by molar-refractivity contribution is 6.26. The number of carbonyl (C=O) groups excluding carboxylic acids is 3. The van der Waals surface area contributed by atoms with Gasteiger partial charge in [0.15, 0.2) is 5.96 Å². The minimum Gasteiger partial charge on any atom is -0.480 e. The molecule has 3 amide bonds. The predicted molar refractivity (Wildman–Crippen MR) is 124 cm³/mol. The molecule has 2 rings (SSSR count). The maximum atomic E-state index is 12.5. The Morgan fingerprint density at radius 1 is 0.970 bits per heavy atom. The topological polar surface area (TPSA) is 189 Å². The number of nitrogens with two attached hydrogens (primary N) is 2. The van der Waals surface area contributed by atoms with E-state index in [1.807, 2.05) is 0 Å². The number of rotatable bonds is 9. The lowest BCUT2D eigenvalue weighted by Crippen LogP contribution is -2.53. The summed E-state index contributed by atoms with van der Waals surface area (Å²) in [6.07, 6.45) is 4.77. The van der Waals surface area contributed by atoms with E-state index in [1.54, 1.807) is 0 Å². The number of hydrogen-bond donors (Lipinski definition) is 6. The first-order valence-corrected chi connectivity index (χ1v) is 11.9. The van der Waals surface area contributed by atoms with Crippen LogP contribution < -0.4 is 27.4 Å². The van der Waals surface area contributed by atoms with E-state index in [0.29, 0.717) is 25.7 Å². The van der Waals surface area contributed by atoms with Crippen LogP contribution in [0.15, 0.2) is 4.99 Å². The largest absolute Gasteiger partial charge is 0.480 e. The quantitative estimate of drug-likeness (QED) is 0.139. The van der Waals surface area contributed by atoms with Crippen LogP contribution in [0, 0.1) is 11.8 Å². The minimum atomic E-state index is -1.36. The van der Waals surface area contributed by atoms with E-state index < -0.39 is 40.5 Å². The van der Waals surface area contributed by atoms with Gasteiger partial charge < -0.3 is 32.5 Å². The molecule has 0 radical (unpaired) electrons. The molecular formula is C20H32Cl2N6O5. The van der Waals surface area contributed by atoms with E-state index in [0.717, 1.165) is 19.3 Å². The van der Waals surface area contributed by atoms with Gasteiger partial charge in [-0.15, -0.1) is 23.2 Å². The summed E-state index contributed by atoms with van der Waals surface area (Å²) in [5.41, 5.74) is 10.8. The van der Waals surface area contributed by atoms with Gasteiger partial charge >= 0.3 is 5.97 Å². The fourth-order valence-electron chi connectivity index (χ4n) is 4.21. The molecule has 0 saturated heterocycles. The molecule has 186 valence electrons. The molecule has 0 aromatic heterocycles. The Hall–Kier alpha value is -2.27. The molecule has 2 aliphatic rings. The van der Waals surface area contributed by atoms with Crippen LogP contribution in [0.2, 0.25) is 0 Å². The molecule has 0 aromatic rings. The van der Waals surface area contributed by atoms with Gasteiger partial charge in [0.05, 0.1) is 18.5 Å². The number of carboxylic acids is 1. The summed E-state index contributed by atoms with van der Waals surface area (Å²) in [6.45, 7) is -0.670. The number of aliphatic carboxylic acids is 1. The van der Waals surface area contributed by atoms with E-state index in [2.05, 4.69) is 20.9 Å². The van der Waals surface area contributed by atoms with Gasteiger partial charge in [0.2, 0.25) is 17.7 Å². The van der Waals surface area contributed by atoms with Crippen LogP contribution in [0.3, 0.4) is 0 Å². The van der Waals surface area contributed by atoms with E-state index in [1.165, 1.54) is 0 Å². The summed E-state index contributed by atoms with van der Waals surface area (Å²) in [5.74, 6) is -3.78. The molecule has 33 heavy (non-hydrogen) atoms. The van der Waals surface area contributed by atoms with Crippen molar-refractivity contribution in [1.29, 1.82) is 0 Å². The summed E-state index contributed by atoms with van der Waals surface area (Å²) in [4.78, 5) is 52.7. The minimum absolute atomic E-state index is 0.0212. The van der Waals surface area contributed by atoms with Crippen LogP contribution in [0.4, 0.5) is 0 Å². The van der Waals surface area contributed by atoms with Crippen LogP contribution in [0.1, 0.15) is 44.9 Å². The van der Waals surface area contributed by atoms with Crippen molar-refractivity contribution in [1.82, 2.24) is 16.0 Å². The third-order valence-corrected chi connectivity index (χ3v) is 6.91. The number of carboxylic acid groups (broad SMARTS) is 1. The molecular weight excluding hydrogens is 475 g/mol. The number of nitrogens with zero attached hydrogens (tertiary/aromatic N) is 1. The molecule has 5 atom stereocenters. The van der Waals surface area contributed by atoms with Crippen LogP contribution >= 0.6 is 23.2 Å². The summed E-state index contributed by atoms with van der Waals surface area (Å²) in [6, 6.07) is -1.48. The highest BCUT2D eigenvalue weighted by atomic mass is 35.5. The number of carbonyl (C=O) groups is 4. The number of guanidine groups is 1. The van der Waals surface area contributed by atoms with Crippen molar-refractivity contribution in [3.8, 4) is 0 Å². The molecule has 0 spiro atoms. The summed E-state index contributed by atoms with van der Waals surface area (Å²) >= 11 is 12.4. The number of nitrogens with one attached hydrogen (secondary N) is 3.